The van der Waals surface area contributed by atoms with Crippen LogP contribution in [0.3, 0.4) is 0 Å². The van der Waals surface area contributed by atoms with E-state index < -0.39 is 0 Å². The van der Waals surface area contributed by atoms with Crippen LogP contribution in [0.1, 0.15) is 103 Å². The standard InChI is InChI=1S/C22H47N2O/c1-4-5-6-7-8-9-10-11-12-13-14-15-16-18-22(25)21-24(2,3)20-17-19-23/h4-21,23H2,1-3H3/q+1. The number of Topliss-reactive ketones (excluding diaryl/α,β-unsaturated/α-hetero) is 1. The first kappa shape index (κ1) is 24.6. The molecule has 0 heterocycles. The van der Waals surface area contributed by atoms with Crippen LogP contribution in [-0.4, -0.2) is 44.0 Å². The van der Waals surface area contributed by atoms with Crippen molar-refractivity contribution >= 4 is 5.78 Å². The van der Waals surface area contributed by atoms with Crippen LogP contribution in [0.5, 0.6) is 0 Å². The molecular weight excluding hydrogens is 308 g/mol. The third-order valence-electron chi connectivity index (χ3n) is 5.13. The number of unbranched alkanes of at least 4 members (excludes halogenated alkanes) is 12. The molecule has 3 heteroatoms. The van der Waals surface area contributed by atoms with Crippen molar-refractivity contribution in [2.45, 2.75) is 103 Å². The maximum absolute atomic E-state index is 12.1. The Morgan fingerprint density at radius 2 is 1.16 bits per heavy atom. The van der Waals surface area contributed by atoms with Crippen LogP contribution in [0.15, 0.2) is 0 Å². The summed E-state index contributed by atoms with van der Waals surface area (Å²) < 4.78 is 0.786. The van der Waals surface area contributed by atoms with Crippen LogP contribution in [0.2, 0.25) is 0 Å². The molecule has 0 aromatic heterocycles. The average Bonchev–Trinajstić information content (AvgIpc) is 2.57. The highest BCUT2D eigenvalue weighted by molar-refractivity contribution is 5.79. The van der Waals surface area contributed by atoms with E-state index in [1.807, 2.05) is 0 Å². The number of nitrogens with two attached hydrogens (primary N) is 1. The second-order valence-electron chi connectivity index (χ2n) is 8.49. The molecule has 2 N–H and O–H groups in total. The van der Waals surface area contributed by atoms with Gasteiger partial charge in [0.15, 0.2) is 5.78 Å². The smallest absolute Gasteiger partial charge is 0.186 e. The maximum atomic E-state index is 12.1. The topological polar surface area (TPSA) is 43.1 Å². The van der Waals surface area contributed by atoms with Crippen molar-refractivity contribution in [1.82, 2.24) is 0 Å². The fourth-order valence-electron chi connectivity index (χ4n) is 3.49. The van der Waals surface area contributed by atoms with Gasteiger partial charge in [-0.2, -0.15) is 0 Å². The minimum absolute atomic E-state index is 0.421. The fraction of sp³-hybridized carbons (Fsp3) is 0.955. The van der Waals surface area contributed by atoms with Crippen molar-refractivity contribution in [1.29, 1.82) is 0 Å². The lowest BCUT2D eigenvalue weighted by atomic mass is 10.0. The van der Waals surface area contributed by atoms with E-state index in [2.05, 4.69) is 21.0 Å². The van der Waals surface area contributed by atoms with Gasteiger partial charge in [-0.05, 0) is 13.0 Å². The minimum Gasteiger partial charge on any atom is -0.330 e. The number of ketones is 1. The number of carbonyl (C=O) groups is 1. The van der Waals surface area contributed by atoms with Gasteiger partial charge in [-0.3, -0.25) is 4.79 Å². The zero-order chi connectivity index (χ0) is 18.8. The van der Waals surface area contributed by atoms with E-state index >= 15 is 0 Å². The number of carbonyl (C=O) groups excluding carboxylic acids is 1. The second kappa shape index (κ2) is 17.0. The molecule has 0 rings (SSSR count). The van der Waals surface area contributed by atoms with Crippen molar-refractivity contribution in [2.75, 3.05) is 33.7 Å². The lowest BCUT2D eigenvalue weighted by molar-refractivity contribution is -0.882. The largest absolute Gasteiger partial charge is 0.330 e. The molecule has 0 amide bonds. The van der Waals surface area contributed by atoms with Crippen molar-refractivity contribution in [3.05, 3.63) is 0 Å². The summed E-state index contributed by atoms with van der Waals surface area (Å²) in [5.74, 6) is 0.421. The Morgan fingerprint density at radius 3 is 1.60 bits per heavy atom. The van der Waals surface area contributed by atoms with Gasteiger partial charge in [0.1, 0.15) is 6.54 Å². The number of hydrogen-bond acceptors (Lipinski definition) is 2. The van der Waals surface area contributed by atoms with Crippen LogP contribution in [0, 0.1) is 0 Å². The van der Waals surface area contributed by atoms with Gasteiger partial charge in [0, 0.05) is 12.8 Å². The molecule has 0 spiro atoms. The quantitative estimate of drug-likeness (QED) is 0.247. The first-order valence-corrected chi connectivity index (χ1v) is 11.1. The summed E-state index contributed by atoms with van der Waals surface area (Å²) in [4.78, 5) is 12.1. The van der Waals surface area contributed by atoms with Gasteiger partial charge in [0.2, 0.25) is 0 Å². The average molecular weight is 356 g/mol. The van der Waals surface area contributed by atoms with Crippen molar-refractivity contribution < 1.29 is 9.28 Å². The summed E-state index contributed by atoms with van der Waals surface area (Å²) in [7, 11) is 4.27. The molecule has 0 atom stereocenters. The molecule has 0 radical (unpaired) electrons. The Morgan fingerprint density at radius 1 is 0.720 bits per heavy atom. The van der Waals surface area contributed by atoms with Crippen LogP contribution in [0.4, 0.5) is 0 Å². The molecule has 0 aromatic rings. The highest BCUT2D eigenvalue weighted by Crippen LogP contribution is 2.13. The van der Waals surface area contributed by atoms with Crippen molar-refractivity contribution in [2.24, 2.45) is 5.73 Å². The third-order valence-corrected chi connectivity index (χ3v) is 5.13. The highest BCUT2D eigenvalue weighted by Gasteiger charge is 2.18. The van der Waals surface area contributed by atoms with E-state index in [1.165, 1.54) is 77.0 Å². The van der Waals surface area contributed by atoms with Gasteiger partial charge in [0.05, 0.1) is 20.6 Å². The lowest BCUT2D eigenvalue weighted by Gasteiger charge is -2.28. The summed E-state index contributed by atoms with van der Waals surface area (Å²) in [5, 5.41) is 0. The van der Waals surface area contributed by atoms with Gasteiger partial charge in [0.25, 0.3) is 0 Å². The predicted octanol–water partition coefficient (Wildman–Crippen LogP) is 5.46. The fourth-order valence-corrected chi connectivity index (χ4v) is 3.49. The van der Waals surface area contributed by atoms with Crippen molar-refractivity contribution in [3.8, 4) is 0 Å². The molecule has 3 nitrogen and oxygen atoms in total. The third kappa shape index (κ3) is 18.2. The summed E-state index contributed by atoms with van der Waals surface area (Å²) >= 11 is 0. The van der Waals surface area contributed by atoms with E-state index in [1.54, 1.807) is 0 Å². The van der Waals surface area contributed by atoms with Gasteiger partial charge in [-0.1, -0.05) is 84.0 Å². The Labute approximate surface area is 158 Å². The number of rotatable bonds is 19. The Balaban J connectivity index is 3.33. The molecule has 0 aromatic carbocycles. The SMILES string of the molecule is CCCCCCCCCCCCCCCC(=O)C[N+](C)(C)CCCN. The van der Waals surface area contributed by atoms with Crippen LogP contribution in [0.25, 0.3) is 0 Å². The Hall–Kier alpha value is -0.410. The van der Waals surface area contributed by atoms with Crippen LogP contribution < -0.4 is 5.73 Å². The first-order chi connectivity index (χ1) is 12.0. The van der Waals surface area contributed by atoms with Gasteiger partial charge in [-0.15, -0.1) is 0 Å². The summed E-state index contributed by atoms with van der Waals surface area (Å²) in [6.07, 6.45) is 19.4. The Kier molecular flexibility index (Phi) is 16.7. The van der Waals surface area contributed by atoms with Gasteiger partial charge >= 0.3 is 0 Å². The summed E-state index contributed by atoms with van der Waals surface area (Å²) in [6.45, 7) is 4.66. The summed E-state index contributed by atoms with van der Waals surface area (Å²) in [6, 6.07) is 0. The predicted molar refractivity (Wildman–Crippen MR) is 111 cm³/mol. The Bertz CT molecular complexity index is 302. The molecule has 0 aliphatic heterocycles. The van der Waals surface area contributed by atoms with E-state index in [0.717, 1.165) is 30.3 Å². The van der Waals surface area contributed by atoms with E-state index in [9.17, 15) is 4.79 Å². The molecule has 0 saturated heterocycles. The number of likely N-dealkylation sites (N-methyl/N-ethyl adjacent to an activating group) is 1. The monoisotopic (exact) mass is 355 g/mol. The van der Waals surface area contributed by atoms with Crippen LogP contribution in [-0.2, 0) is 4.79 Å². The lowest BCUT2D eigenvalue weighted by Crippen LogP contribution is -2.45. The van der Waals surface area contributed by atoms with Gasteiger partial charge in [-0.25, -0.2) is 0 Å². The molecule has 150 valence electrons. The zero-order valence-corrected chi connectivity index (χ0v) is 17.7. The van der Waals surface area contributed by atoms with Crippen LogP contribution >= 0.6 is 0 Å². The molecule has 25 heavy (non-hydrogen) atoms. The second-order valence-corrected chi connectivity index (χ2v) is 8.49. The molecular formula is C22H47N2O+. The zero-order valence-electron chi connectivity index (χ0n) is 17.7. The molecule has 0 aliphatic rings. The molecule has 0 bridgehead atoms. The van der Waals surface area contributed by atoms with Crippen molar-refractivity contribution in [3.63, 3.8) is 0 Å². The first-order valence-electron chi connectivity index (χ1n) is 11.1. The molecule has 0 saturated carbocycles. The van der Waals surface area contributed by atoms with E-state index in [-0.39, 0.29) is 0 Å². The van der Waals surface area contributed by atoms with Gasteiger partial charge < -0.3 is 10.2 Å². The maximum Gasteiger partial charge on any atom is 0.186 e. The molecule has 0 fully saturated rings. The number of quaternary nitrogens is 1. The number of hydrogen-bond donors (Lipinski definition) is 1. The van der Waals surface area contributed by atoms with E-state index in [0.29, 0.717) is 18.9 Å². The molecule has 0 unspecified atom stereocenters. The molecule has 0 aliphatic carbocycles. The minimum atomic E-state index is 0.421. The number of nitrogens with zero attached hydrogens (tertiary/aromatic N) is 1. The normalized spacial score (nSPS) is 11.8. The van der Waals surface area contributed by atoms with E-state index in [4.69, 9.17) is 5.73 Å². The highest BCUT2D eigenvalue weighted by atomic mass is 16.1. The summed E-state index contributed by atoms with van der Waals surface area (Å²) in [5.41, 5.74) is 5.56.